The van der Waals surface area contributed by atoms with Crippen molar-refractivity contribution in [2.24, 2.45) is 0 Å². The normalized spacial score (nSPS) is 10.1. The van der Waals surface area contributed by atoms with Gasteiger partial charge >= 0.3 is 5.97 Å². The molecule has 2 rings (SSSR count). The number of rotatable bonds is 7. The molecule has 0 saturated heterocycles. The van der Waals surface area contributed by atoms with Crippen molar-refractivity contribution in [3.05, 3.63) is 53.1 Å². The minimum absolute atomic E-state index is 0.158. The number of carboxylic acid groups (broad SMARTS) is 1. The van der Waals surface area contributed by atoms with E-state index in [1.807, 2.05) is 0 Å². The number of halogens is 1. The number of aliphatic carboxylic acids is 1. The number of methoxy groups -OCH3 is 1. The van der Waals surface area contributed by atoms with Gasteiger partial charge in [-0.15, -0.1) is 0 Å². The molecule has 0 aliphatic rings. The van der Waals surface area contributed by atoms with Crippen LogP contribution in [0.15, 0.2) is 42.5 Å². The molecule has 0 spiro atoms. The Balaban J connectivity index is 2.05. The van der Waals surface area contributed by atoms with Crippen molar-refractivity contribution in [3.8, 4) is 11.5 Å². The molecule has 7 heteroatoms. The molecular weight excluding hydrogens is 334 g/mol. The third-order valence-corrected chi connectivity index (χ3v) is 3.33. The van der Waals surface area contributed by atoms with Crippen LogP contribution in [0.4, 0.5) is 5.69 Å². The van der Waals surface area contributed by atoms with Crippen molar-refractivity contribution in [1.29, 1.82) is 0 Å². The van der Waals surface area contributed by atoms with Gasteiger partial charge in [0.25, 0.3) is 0 Å². The van der Waals surface area contributed by atoms with Crippen LogP contribution in [-0.2, 0) is 16.0 Å². The molecule has 6 nitrogen and oxygen atoms in total. The average molecular weight is 350 g/mol. The Bertz CT molecular complexity index is 730. The molecule has 126 valence electrons. The van der Waals surface area contributed by atoms with Crippen LogP contribution in [0.25, 0.3) is 0 Å². The number of benzene rings is 2. The number of carbonyl (C=O) groups is 2. The Labute approximate surface area is 144 Å². The molecule has 24 heavy (non-hydrogen) atoms. The van der Waals surface area contributed by atoms with Crippen LogP contribution in [-0.4, -0.2) is 30.7 Å². The molecule has 0 saturated carbocycles. The summed E-state index contributed by atoms with van der Waals surface area (Å²) in [4.78, 5) is 22.8. The molecule has 0 aliphatic carbocycles. The first-order valence-electron chi connectivity index (χ1n) is 7.05. The van der Waals surface area contributed by atoms with Gasteiger partial charge in [0.15, 0.2) is 6.61 Å². The van der Waals surface area contributed by atoms with E-state index in [1.165, 1.54) is 6.07 Å². The average Bonchev–Trinajstić information content (AvgIpc) is 2.55. The monoisotopic (exact) mass is 349 g/mol. The zero-order valence-electron chi connectivity index (χ0n) is 12.9. The number of amides is 1. The highest BCUT2D eigenvalue weighted by Gasteiger charge is 2.11. The molecule has 2 aromatic rings. The van der Waals surface area contributed by atoms with Crippen LogP contribution in [0.1, 0.15) is 5.56 Å². The maximum Gasteiger partial charge on any atom is 0.341 e. The summed E-state index contributed by atoms with van der Waals surface area (Å²) in [7, 11) is 1.57. The molecule has 0 bridgehead atoms. The molecule has 0 fully saturated rings. The molecule has 2 aromatic carbocycles. The van der Waals surface area contributed by atoms with E-state index in [4.69, 9.17) is 26.2 Å². The van der Waals surface area contributed by atoms with Crippen molar-refractivity contribution >= 4 is 29.2 Å². The molecule has 0 radical (unpaired) electrons. The third kappa shape index (κ3) is 5.17. The van der Waals surface area contributed by atoms with Crippen molar-refractivity contribution < 1.29 is 24.2 Å². The number of carboxylic acids is 1. The van der Waals surface area contributed by atoms with E-state index in [-0.39, 0.29) is 18.1 Å². The topological polar surface area (TPSA) is 84.9 Å². The predicted molar refractivity (Wildman–Crippen MR) is 89.9 cm³/mol. The van der Waals surface area contributed by atoms with Crippen molar-refractivity contribution in [1.82, 2.24) is 0 Å². The van der Waals surface area contributed by atoms with Crippen LogP contribution in [0.3, 0.4) is 0 Å². The largest absolute Gasteiger partial charge is 0.497 e. The van der Waals surface area contributed by atoms with E-state index < -0.39 is 12.6 Å². The van der Waals surface area contributed by atoms with Gasteiger partial charge in [-0.25, -0.2) is 4.79 Å². The minimum atomic E-state index is -1.12. The highest BCUT2D eigenvalue weighted by molar-refractivity contribution is 6.30. The lowest BCUT2D eigenvalue weighted by molar-refractivity contribution is -0.139. The van der Waals surface area contributed by atoms with Gasteiger partial charge in [0.1, 0.15) is 11.5 Å². The highest BCUT2D eigenvalue weighted by Crippen LogP contribution is 2.28. The molecule has 2 N–H and O–H groups in total. The standard InChI is InChI=1S/C17H16ClNO5/c1-23-13-5-2-11(3-6-13)8-16(20)19-14-7-4-12(18)9-15(14)24-10-17(21)22/h2-7,9H,8,10H2,1H3,(H,19,20)(H,21,22). The summed E-state index contributed by atoms with van der Waals surface area (Å²) in [6, 6.07) is 11.7. The lowest BCUT2D eigenvalue weighted by Crippen LogP contribution is -2.16. The summed E-state index contributed by atoms with van der Waals surface area (Å²) >= 11 is 5.88. The third-order valence-electron chi connectivity index (χ3n) is 3.09. The Morgan fingerprint density at radius 2 is 1.88 bits per heavy atom. The van der Waals surface area contributed by atoms with Gasteiger partial charge in [-0.2, -0.15) is 0 Å². The minimum Gasteiger partial charge on any atom is -0.497 e. The fraction of sp³-hybridized carbons (Fsp3) is 0.176. The van der Waals surface area contributed by atoms with E-state index >= 15 is 0 Å². The second-order valence-electron chi connectivity index (χ2n) is 4.90. The SMILES string of the molecule is COc1ccc(CC(=O)Nc2ccc(Cl)cc2OCC(=O)O)cc1. The summed E-state index contributed by atoms with van der Waals surface area (Å²) in [6.07, 6.45) is 0.158. The maximum atomic E-state index is 12.2. The second-order valence-corrected chi connectivity index (χ2v) is 5.33. The number of carbonyl (C=O) groups excluding carboxylic acids is 1. The summed E-state index contributed by atoms with van der Waals surface area (Å²) in [5.74, 6) is -0.470. The molecular formula is C17H16ClNO5. The molecule has 0 aromatic heterocycles. The summed E-state index contributed by atoms with van der Waals surface area (Å²) < 4.78 is 10.2. The van der Waals surface area contributed by atoms with E-state index in [2.05, 4.69) is 5.32 Å². The molecule has 0 aliphatic heterocycles. The van der Waals surface area contributed by atoms with Crippen molar-refractivity contribution in [2.75, 3.05) is 19.0 Å². The predicted octanol–water partition coefficient (Wildman–Crippen LogP) is 2.99. The van der Waals surface area contributed by atoms with E-state index in [0.717, 1.165) is 5.56 Å². The first-order chi connectivity index (χ1) is 11.5. The molecule has 0 unspecified atom stereocenters. The number of anilines is 1. The quantitative estimate of drug-likeness (QED) is 0.802. The van der Waals surface area contributed by atoms with Gasteiger partial charge in [-0.3, -0.25) is 4.79 Å². The maximum absolute atomic E-state index is 12.2. The summed E-state index contributed by atoms with van der Waals surface area (Å²) in [5, 5.41) is 11.8. The zero-order valence-corrected chi connectivity index (χ0v) is 13.7. The first kappa shape index (κ1) is 17.6. The van der Waals surface area contributed by atoms with Crippen LogP contribution in [0, 0.1) is 0 Å². The Kier molecular flexibility index (Phi) is 6.03. The summed E-state index contributed by atoms with van der Waals surface area (Å²) in [5.41, 5.74) is 1.18. The second kappa shape index (κ2) is 8.21. The Morgan fingerprint density at radius 1 is 1.17 bits per heavy atom. The van der Waals surface area contributed by atoms with Gasteiger partial charge in [0.05, 0.1) is 19.2 Å². The number of nitrogens with one attached hydrogen (secondary N) is 1. The van der Waals surface area contributed by atoms with Crippen LogP contribution in [0.2, 0.25) is 5.02 Å². The fourth-order valence-corrected chi connectivity index (χ4v) is 2.14. The van der Waals surface area contributed by atoms with Crippen LogP contribution < -0.4 is 14.8 Å². The summed E-state index contributed by atoms with van der Waals surface area (Å²) in [6.45, 7) is -0.526. The Hall–Kier alpha value is -2.73. The smallest absolute Gasteiger partial charge is 0.341 e. The van der Waals surface area contributed by atoms with Crippen molar-refractivity contribution in [3.63, 3.8) is 0 Å². The van der Waals surface area contributed by atoms with Gasteiger partial charge in [0.2, 0.25) is 5.91 Å². The molecule has 0 heterocycles. The Morgan fingerprint density at radius 3 is 2.50 bits per heavy atom. The molecule has 0 atom stereocenters. The lowest BCUT2D eigenvalue weighted by atomic mass is 10.1. The molecule has 1 amide bonds. The van der Waals surface area contributed by atoms with Crippen molar-refractivity contribution in [2.45, 2.75) is 6.42 Å². The van der Waals surface area contributed by atoms with Gasteiger partial charge in [0, 0.05) is 11.1 Å². The van der Waals surface area contributed by atoms with Gasteiger partial charge < -0.3 is 19.9 Å². The fourth-order valence-electron chi connectivity index (χ4n) is 1.98. The van der Waals surface area contributed by atoms with E-state index in [1.54, 1.807) is 43.5 Å². The van der Waals surface area contributed by atoms with Crippen LogP contribution >= 0.6 is 11.6 Å². The number of hydrogen-bond donors (Lipinski definition) is 2. The highest BCUT2D eigenvalue weighted by atomic mass is 35.5. The number of hydrogen-bond acceptors (Lipinski definition) is 4. The lowest BCUT2D eigenvalue weighted by Gasteiger charge is -2.12. The zero-order chi connectivity index (χ0) is 17.5. The van der Waals surface area contributed by atoms with Gasteiger partial charge in [-0.05, 0) is 29.8 Å². The van der Waals surface area contributed by atoms with E-state index in [0.29, 0.717) is 16.5 Å². The van der Waals surface area contributed by atoms with Gasteiger partial charge in [-0.1, -0.05) is 23.7 Å². The van der Waals surface area contributed by atoms with Crippen LogP contribution in [0.5, 0.6) is 11.5 Å². The first-order valence-corrected chi connectivity index (χ1v) is 7.42. The van der Waals surface area contributed by atoms with E-state index in [9.17, 15) is 9.59 Å². The number of ether oxygens (including phenoxy) is 2.